The first-order valence-electron chi connectivity index (χ1n) is 10.8. The predicted molar refractivity (Wildman–Crippen MR) is 119 cm³/mol. The molecule has 2 bridgehead atoms. The number of aliphatic hydroxyl groups is 1. The third kappa shape index (κ3) is 3.34. The average Bonchev–Trinajstić information content (AvgIpc) is 3.03. The normalized spacial score (nSPS) is 24.2. The Morgan fingerprint density at radius 1 is 1.22 bits per heavy atom. The van der Waals surface area contributed by atoms with Crippen LogP contribution in [0, 0.1) is 11.8 Å². The fourth-order valence-electron chi connectivity index (χ4n) is 5.36. The maximum Gasteiger partial charge on any atom is 0.311 e. The molecule has 0 aliphatic carbocycles. The molecule has 0 saturated carbocycles. The molecule has 8 nitrogen and oxygen atoms in total. The molecule has 32 heavy (non-hydrogen) atoms. The lowest BCUT2D eigenvalue weighted by Crippen LogP contribution is -2.46. The molecule has 1 fully saturated rings. The van der Waals surface area contributed by atoms with Gasteiger partial charge in [0.05, 0.1) is 19.1 Å². The Bertz CT molecular complexity index is 1110. The summed E-state index contributed by atoms with van der Waals surface area (Å²) in [6.07, 6.45) is 0. The van der Waals surface area contributed by atoms with E-state index in [1.54, 1.807) is 42.9 Å². The highest BCUT2D eigenvalue weighted by Gasteiger charge is 2.55. The number of rotatable bonds is 5. The van der Waals surface area contributed by atoms with Crippen LogP contribution in [0.4, 0.5) is 0 Å². The molecule has 4 atom stereocenters. The number of carbonyl (C=O) groups is 2. The van der Waals surface area contributed by atoms with Crippen molar-refractivity contribution in [3.8, 4) is 11.1 Å². The molecule has 0 unspecified atom stereocenters. The molecule has 8 heteroatoms. The third-order valence-electron chi connectivity index (χ3n) is 6.84. The summed E-state index contributed by atoms with van der Waals surface area (Å²) < 4.78 is 6.79. The molecule has 1 aromatic carbocycles. The first-order chi connectivity index (χ1) is 15.3. The number of benzene rings is 1. The van der Waals surface area contributed by atoms with Gasteiger partial charge in [0.25, 0.3) is 11.5 Å². The second-order valence-electron chi connectivity index (χ2n) is 8.61. The molecule has 2 aliphatic rings. The number of aromatic nitrogens is 1. The van der Waals surface area contributed by atoms with Crippen molar-refractivity contribution in [1.29, 1.82) is 0 Å². The zero-order valence-electron chi connectivity index (χ0n) is 18.8. The van der Waals surface area contributed by atoms with Gasteiger partial charge in [-0.2, -0.15) is 0 Å². The van der Waals surface area contributed by atoms with Crippen molar-refractivity contribution in [2.45, 2.75) is 25.6 Å². The SMILES string of the molecule is CCN1[C@@H]2c3ccc(-c4cccc(C(=O)N(C)C)c4)c(=O)n3C[C@H]1[C@H](CO)[C@H]2C(=O)OC. The summed E-state index contributed by atoms with van der Waals surface area (Å²) >= 11 is 0. The van der Waals surface area contributed by atoms with Gasteiger partial charge in [-0.1, -0.05) is 19.1 Å². The van der Waals surface area contributed by atoms with E-state index in [1.165, 1.54) is 12.0 Å². The van der Waals surface area contributed by atoms with E-state index in [0.29, 0.717) is 29.8 Å². The van der Waals surface area contributed by atoms with Crippen LogP contribution in [-0.2, 0) is 16.1 Å². The summed E-state index contributed by atoms with van der Waals surface area (Å²) in [5.41, 5.74) is 2.28. The smallest absolute Gasteiger partial charge is 0.311 e. The van der Waals surface area contributed by atoms with Crippen molar-refractivity contribution in [3.63, 3.8) is 0 Å². The van der Waals surface area contributed by atoms with Gasteiger partial charge in [-0.25, -0.2) is 0 Å². The molecular weight excluding hydrogens is 410 g/mol. The second-order valence-corrected chi connectivity index (χ2v) is 8.61. The van der Waals surface area contributed by atoms with E-state index in [9.17, 15) is 19.5 Å². The van der Waals surface area contributed by atoms with Crippen molar-refractivity contribution in [1.82, 2.24) is 14.4 Å². The number of aliphatic hydroxyl groups excluding tert-OH is 1. The lowest BCUT2D eigenvalue weighted by molar-refractivity contribution is -0.148. The lowest BCUT2D eigenvalue weighted by atomic mass is 9.87. The van der Waals surface area contributed by atoms with Crippen LogP contribution in [0.3, 0.4) is 0 Å². The Labute approximate surface area is 187 Å². The van der Waals surface area contributed by atoms with E-state index in [2.05, 4.69) is 4.90 Å². The topological polar surface area (TPSA) is 92.1 Å². The molecule has 170 valence electrons. The van der Waals surface area contributed by atoms with E-state index in [1.807, 2.05) is 19.1 Å². The number of methoxy groups -OCH3 is 1. The van der Waals surface area contributed by atoms with E-state index in [-0.39, 0.29) is 42.0 Å². The van der Waals surface area contributed by atoms with E-state index in [0.717, 1.165) is 5.69 Å². The predicted octanol–water partition coefficient (Wildman–Crippen LogP) is 1.37. The molecule has 1 aromatic heterocycles. The fourth-order valence-corrected chi connectivity index (χ4v) is 5.36. The van der Waals surface area contributed by atoms with E-state index < -0.39 is 5.92 Å². The van der Waals surface area contributed by atoms with E-state index >= 15 is 0 Å². The Balaban J connectivity index is 1.82. The van der Waals surface area contributed by atoms with Crippen LogP contribution >= 0.6 is 0 Å². The number of hydrogen-bond acceptors (Lipinski definition) is 6. The number of esters is 1. The zero-order valence-corrected chi connectivity index (χ0v) is 18.8. The Kier molecular flexibility index (Phi) is 5.92. The maximum absolute atomic E-state index is 13.6. The van der Waals surface area contributed by atoms with Gasteiger partial charge in [0, 0.05) is 56.0 Å². The quantitative estimate of drug-likeness (QED) is 0.708. The van der Waals surface area contributed by atoms with Crippen molar-refractivity contribution >= 4 is 11.9 Å². The summed E-state index contributed by atoms with van der Waals surface area (Å²) in [5, 5.41) is 10.1. The zero-order chi connectivity index (χ0) is 23.2. The highest BCUT2D eigenvalue weighted by Crippen LogP contribution is 2.48. The number of likely N-dealkylation sites (N-methyl/N-ethyl adjacent to an activating group) is 1. The van der Waals surface area contributed by atoms with E-state index in [4.69, 9.17) is 4.74 Å². The van der Waals surface area contributed by atoms with Gasteiger partial charge >= 0.3 is 5.97 Å². The van der Waals surface area contributed by atoms with Crippen molar-refractivity contribution in [3.05, 3.63) is 58.0 Å². The van der Waals surface area contributed by atoms with Gasteiger partial charge in [0.15, 0.2) is 0 Å². The Morgan fingerprint density at radius 2 is 1.97 bits per heavy atom. The fraction of sp³-hybridized carbons (Fsp3) is 0.458. The molecule has 0 radical (unpaired) electrons. The molecular formula is C24H29N3O5. The molecule has 2 aromatic rings. The maximum atomic E-state index is 13.6. The number of carbonyl (C=O) groups excluding carboxylic acids is 2. The summed E-state index contributed by atoms with van der Waals surface area (Å²) in [7, 11) is 4.73. The minimum Gasteiger partial charge on any atom is -0.469 e. The highest BCUT2D eigenvalue weighted by atomic mass is 16.5. The van der Waals surface area contributed by atoms with Crippen LogP contribution in [-0.4, -0.2) is 71.7 Å². The van der Waals surface area contributed by atoms with Gasteiger partial charge in [-0.3, -0.25) is 19.3 Å². The lowest BCUT2D eigenvalue weighted by Gasteiger charge is -2.37. The molecule has 1 amide bonds. The minimum atomic E-state index is -0.532. The van der Waals surface area contributed by atoms with Crippen LogP contribution in [0.1, 0.15) is 29.0 Å². The number of ether oxygens (including phenoxy) is 1. The molecule has 1 N–H and O–H groups in total. The number of amides is 1. The molecule has 0 spiro atoms. The van der Waals surface area contributed by atoms with Crippen LogP contribution in [0.5, 0.6) is 0 Å². The van der Waals surface area contributed by atoms with Crippen LogP contribution in [0.25, 0.3) is 11.1 Å². The van der Waals surface area contributed by atoms with Crippen molar-refractivity contribution < 1.29 is 19.4 Å². The summed E-state index contributed by atoms with van der Waals surface area (Å²) in [4.78, 5) is 42.3. The van der Waals surface area contributed by atoms with Gasteiger partial charge in [-0.05, 0) is 36.4 Å². The van der Waals surface area contributed by atoms with Crippen molar-refractivity contribution in [2.75, 3.05) is 34.4 Å². The largest absolute Gasteiger partial charge is 0.469 e. The number of hydrogen-bond donors (Lipinski definition) is 1. The molecule has 3 heterocycles. The van der Waals surface area contributed by atoms with Gasteiger partial charge in [0.1, 0.15) is 0 Å². The average molecular weight is 440 g/mol. The Hall–Kier alpha value is -2.97. The van der Waals surface area contributed by atoms with Crippen LogP contribution in [0.15, 0.2) is 41.2 Å². The summed E-state index contributed by atoms with van der Waals surface area (Å²) in [5.74, 6) is -1.34. The Morgan fingerprint density at radius 3 is 2.59 bits per heavy atom. The first-order valence-corrected chi connectivity index (χ1v) is 10.8. The molecule has 2 aliphatic heterocycles. The van der Waals surface area contributed by atoms with Crippen LogP contribution < -0.4 is 5.56 Å². The standard InChI is InChI=1S/C24H29N3O5/c1-5-26-19-12-27-18(21(26)20(17(19)13-28)24(31)32-4)10-9-16(23(27)30)14-7-6-8-15(11-14)22(29)25(2)3/h6-11,17,19-21,28H,5,12-13H2,1-4H3/t17-,19-,20+,21+/m0/s1. The number of pyridine rings is 1. The second kappa shape index (κ2) is 8.52. The molecule has 4 rings (SSSR count). The van der Waals surface area contributed by atoms with Gasteiger partial charge in [0.2, 0.25) is 0 Å². The van der Waals surface area contributed by atoms with Gasteiger partial charge < -0.3 is 19.3 Å². The number of fused-ring (bicyclic) bond motifs is 4. The first kappa shape index (κ1) is 22.2. The van der Waals surface area contributed by atoms with Crippen LogP contribution in [0.2, 0.25) is 0 Å². The highest BCUT2D eigenvalue weighted by molar-refractivity contribution is 5.95. The third-order valence-corrected chi connectivity index (χ3v) is 6.84. The monoisotopic (exact) mass is 439 g/mol. The summed E-state index contributed by atoms with van der Waals surface area (Å²) in [6.45, 7) is 2.95. The van der Waals surface area contributed by atoms with Crippen molar-refractivity contribution in [2.24, 2.45) is 11.8 Å². The molecule has 1 saturated heterocycles. The number of nitrogens with zero attached hydrogens (tertiary/aromatic N) is 3. The summed E-state index contributed by atoms with van der Waals surface area (Å²) in [6, 6.07) is 10.2. The van der Waals surface area contributed by atoms with Gasteiger partial charge in [-0.15, -0.1) is 0 Å². The minimum absolute atomic E-state index is 0.131.